The smallest absolute Gasteiger partial charge is 0.255 e. The Kier molecular flexibility index (Phi) is 4.34. The van der Waals surface area contributed by atoms with Gasteiger partial charge in [-0.05, 0) is 55.4 Å². The van der Waals surface area contributed by atoms with Crippen molar-refractivity contribution in [3.8, 4) is 0 Å². The van der Waals surface area contributed by atoms with Gasteiger partial charge in [-0.25, -0.2) is 4.98 Å². The van der Waals surface area contributed by atoms with Crippen molar-refractivity contribution in [1.82, 2.24) is 20.2 Å². The van der Waals surface area contributed by atoms with Crippen LogP contribution in [-0.4, -0.2) is 27.0 Å². The molecule has 2 aromatic carbocycles. The number of carbonyl (C=O) groups excluding carboxylic acids is 2. The molecule has 1 spiro atoms. The lowest BCUT2D eigenvalue weighted by atomic mass is 9.51. The van der Waals surface area contributed by atoms with Crippen LogP contribution in [0.25, 0.3) is 11.0 Å². The van der Waals surface area contributed by atoms with Crippen molar-refractivity contribution in [3.05, 3.63) is 59.9 Å². The first-order chi connectivity index (χ1) is 15.9. The van der Waals surface area contributed by atoms with E-state index in [0.717, 1.165) is 48.2 Å². The van der Waals surface area contributed by atoms with Crippen LogP contribution in [0.3, 0.4) is 0 Å². The van der Waals surface area contributed by atoms with Gasteiger partial charge in [0, 0.05) is 24.6 Å². The minimum Gasteiger partial charge on any atom is -0.362 e. The molecule has 170 valence electrons. The minimum absolute atomic E-state index is 0.0247. The Labute approximate surface area is 193 Å². The zero-order valence-electron chi connectivity index (χ0n) is 19.0. The fraction of sp³-hybridized carbons (Fsp3) is 0.423. The standard InChI is InChI=1S/C26H29N5O2/c1-25-12-11-16(26(15-25)29-19-8-4-3-7-17(19)23(32)30-26)13-18(25)24(33)27-14-22-28-20-9-5-6-10-21(20)31(22)2/h3-10,16,18,29H,11-15H2,1-2H3,(H,27,33)(H,30,32)/t16-,18-,25-,26+/m1/s1. The summed E-state index contributed by atoms with van der Waals surface area (Å²) in [5.41, 5.74) is 2.91. The maximum absolute atomic E-state index is 13.4. The van der Waals surface area contributed by atoms with Crippen LogP contribution in [0.1, 0.15) is 48.8 Å². The molecule has 0 saturated heterocycles. The van der Waals surface area contributed by atoms with Crippen LogP contribution in [-0.2, 0) is 18.4 Å². The second-order valence-electron chi connectivity index (χ2n) is 10.2. The Morgan fingerprint density at radius 1 is 1.18 bits per heavy atom. The number of benzene rings is 2. The molecule has 3 fully saturated rings. The summed E-state index contributed by atoms with van der Waals surface area (Å²) in [6.45, 7) is 2.62. The molecule has 3 aliphatic carbocycles. The van der Waals surface area contributed by atoms with Crippen molar-refractivity contribution in [2.24, 2.45) is 24.3 Å². The molecule has 2 amide bonds. The van der Waals surface area contributed by atoms with Gasteiger partial charge >= 0.3 is 0 Å². The maximum atomic E-state index is 13.4. The average molecular weight is 444 g/mol. The Morgan fingerprint density at radius 3 is 2.79 bits per heavy atom. The fourth-order valence-electron chi connectivity index (χ4n) is 6.50. The molecule has 3 N–H and O–H groups in total. The van der Waals surface area contributed by atoms with Crippen molar-refractivity contribution in [2.45, 2.75) is 44.8 Å². The summed E-state index contributed by atoms with van der Waals surface area (Å²) in [6, 6.07) is 15.7. The first kappa shape index (κ1) is 20.3. The molecule has 7 heteroatoms. The van der Waals surface area contributed by atoms with Gasteiger partial charge in [0.2, 0.25) is 5.91 Å². The van der Waals surface area contributed by atoms with E-state index in [-0.39, 0.29) is 29.1 Å². The number of fused-ring (bicyclic) bond motifs is 4. The molecule has 2 heterocycles. The van der Waals surface area contributed by atoms with E-state index in [1.54, 1.807) is 0 Å². The van der Waals surface area contributed by atoms with E-state index < -0.39 is 5.66 Å². The molecule has 4 aliphatic rings. The van der Waals surface area contributed by atoms with E-state index in [0.29, 0.717) is 12.1 Å². The molecule has 1 aromatic heterocycles. The Hall–Kier alpha value is -3.35. The Balaban J connectivity index is 1.21. The maximum Gasteiger partial charge on any atom is 0.255 e. The second kappa shape index (κ2) is 7.07. The highest BCUT2D eigenvalue weighted by Crippen LogP contribution is 2.58. The number of amides is 2. The van der Waals surface area contributed by atoms with Crippen molar-refractivity contribution < 1.29 is 9.59 Å². The quantitative estimate of drug-likeness (QED) is 0.578. The number of hydrogen-bond donors (Lipinski definition) is 3. The summed E-state index contributed by atoms with van der Waals surface area (Å²) in [7, 11) is 1.99. The van der Waals surface area contributed by atoms with Crippen LogP contribution in [0, 0.1) is 17.3 Å². The Bertz CT molecular complexity index is 1280. The number of carbonyl (C=O) groups is 2. The lowest BCUT2D eigenvalue weighted by Gasteiger charge is -2.60. The first-order valence-corrected chi connectivity index (χ1v) is 11.8. The average Bonchev–Trinajstić information content (AvgIpc) is 3.13. The van der Waals surface area contributed by atoms with Crippen molar-refractivity contribution in [3.63, 3.8) is 0 Å². The van der Waals surface area contributed by atoms with Crippen LogP contribution < -0.4 is 16.0 Å². The summed E-state index contributed by atoms with van der Waals surface area (Å²) in [5, 5.41) is 10.1. The number of anilines is 1. The number of nitrogens with zero attached hydrogens (tertiary/aromatic N) is 2. The molecular formula is C26H29N5O2. The predicted octanol–water partition coefficient (Wildman–Crippen LogP) is 3.57. The van der Waals surface area contributed by atoms with Crippen LogP contribution in [0.5, 0.6) is 0 Å². The van der Waals surface area contributed by atoms with Gasteiger partial charge in [-0.15, -0.1) is 0 Å². The van der Waals surface area contributed by atoms with Gasteiger partial charge in [-0.3, -0.25) is 9.59 Å². The van der Waals surface area contributed by atoms with Crippen LogP contribution >= 0.6 is 0 Å². The molecule has 7 rings (SSSR count). The molecule has 1 aliphatic heterocycles. The third-order valence-corrected chi connectivity index (χ3v) is 8.29. The van der Waals surface area contributed by atoms with Gasteiger partial charge in [0.05, 0.1) is 23.1 Å². The van der Waals surface area contributed by atoms with Crippen LogP contribution in [0.15, 0.2) is 48.5 Å². The van der Waals surface area contributed by atoms with Gasteiger partial charge in [0.25, 0.3) is 5.91 Å². The molecule has 3 aromatic rings. The van der Waals surface area contributed by atoms with Crippen LogP contribution in [0.2, 0.25) is 0 Å². The van der Waals surface area contributed by atoms with E-state index in [1.807, 2.05) is 60.1 Å². The number of nitrogens with one attached hydrogen (secondary N) is 3. The number of rotatable bonds is 3. The van der Waals surface area contributed by atoms with E-state index in [1.165, 1.54) is 0 Å². The van der Waals surface area contributed by atoms with Crippen LogP contribution in [0.4, 0.5) is 5.69 Å². The van der Waals surface area contributed by atoms with Crippen molar-refractivity contribution in [1.29, 1.82) is 0 Å². The zero-order chi connectivity index (χ0) is 22.8. The highest BCUT2D eigenvalue weighted by atomic mass is 16.2. The van der Waals surface area contributed by atoms with E-state index in [2.05, 4.69) is 27.9 Å². The lowest BCUT2D eigenvalue weighted by Crippen LogP contribution is -2.70. The number of aromatic nitrogens is 2. The molecule has 2 bridgehead atoms. The van der Waals surface area contributed by atoms with Gasteiger partial charge in [-0.1, -0.05) is 31.2 Å². The topological polar surface area (TPSA) is 88.0 Å². The third-order valence-electron chi connectivity index (χ3n) is 8.29. The molecule has 0 unspecified atom stereocenters. The van der Waals surface area contributed by atoms with E-state index in [9.17, 15) is 9.59 Å². The summed E-state index contributed by atoms with van der Waals surface area (Å²) in [5.74, 6) is 1.05. The zero-order valence-corrected chi connectivity index (χ0v) is 19.0. The fourth-order valence-corrected chi connectivity index (χ4v) is 6.50. The predicted molar refractivity (Wildman–Crippen MR) is 126 cm³/mol. The van der Waals surface area contributed by atoms with E-state index in [4.69, 9.17) is 0 Å². The number of para-hydroxylation sites is 3. The SMILES string of the molecule is Cn1c(CNC(=O)[C@H]2C[C@H]3CC[C@]2(C)C[C@]32NC(=O)c3ccccc3N2)nc2ccccc21. The normalized spacial score (nSPS) is 30.1. The molecule has 0 radical (unpaired) electrons. The van der Waals surface area contributed by atoms with E-state index >= 15 is 0 Å². The van der Waals surface area contributed by atoms with Crippen molar-refractivity contribution >= 4 is 28.5 Å². The number of hydrogen-bond acceptors (Lipinski definition) is 4. The minimum atomic E-state index is -0.480. The van der Waals surface area contributed by atoms with Gasteiger partial charge in [0.1, 0.15) is 11.5 Å². The summed E-state index contributed by atoms with van der Waals surface area (Å²) < 4.78 is 2.04. The third kappa shape index (κ3) is 3.05. The van der Waals surface area contributed by atoms with Gasteiger partial charge in [0.15, 0.2) is 0 Å². The van der Waals surface area contributed by atoms with Gasteiger partial charge < -0.3 is 20.5 Å². The molecular weight excluding hydrogens is 414 g/mol. The first-order valence-electron chi connectivity index (χ1n) is 11.8. The monoisotopic (exact) mass is 443 g/mol. The Morgan fingerprint density at radius 2 is 1.97 bits per heavy atom. The summed E-state index contributed by atoms with van der Waals surface area (Å²) in [4.78, 5) is 30.9. The highest BCUT2D eigenvalue weighted by Gasteiger charge is 2.60. The van der Waals surface area contributed by atoms with Gasteiger partial charge in [-0.2, -0.15) is 0 Å². The summed E-state index contributed by atoms with van der Waals surface area (Å²) in [6.07, 6.45) is 3.50. The lowest BCUT2D eigenvalue weighted by molar-refractivity contribution is -0.139. The molecule has 4 atom stereocenters. The molecule has 3 saturated carbocycles. The van der Waals surface area contributed by atoms with Crippen molar-refractivity contribution in [2.75, 3.05) is 5.32 Å². The number of aryl methyl sites for hydroxylation is 1. The second-order valence-corrected chi connectivity index (χ2v) is 10.2. The number of imidazole rings is 1. The highest BCUT2D eigenvalue weighted by molar-refractivity contribution is 6.02. The summed E-state index contributed by atoms with van der Waals surface area (Å²) >= 11 is 0. The molecule has 33 heavy (non-hydrogen) atoms. The molecule has 7 nitrogen and oxygen atoms in total. The largest absolute Gasteiger partial charge is 0.362 e.